The Hall–Kier alpha value is -2.92. The van der Waals surface area contributed by atoms with E-state index in [1.807, 2.05) is 49.5 Å². The van der Waals surface area contributed by atoms with Gasteiger partial charge in [-0.25, -0.2) is 4.98 Å². The molecule has 25 heavy (non-hydrogen) atoms. The number of nitrogens with one attached hydrogen (secondary N) is 1. The first-order valence-electron chi connectivity index (χ1n) is 8.29. The van der Waals surface area contributed by atoms with Gasteiger partial charge in [-0.3, -0.25) is 9.69 Å². The molecule has 0 amide bonds. The number of hydrogen-bond donors (Lipinski definition) is 1. The Balaban J connectivity index is 1.70. The molecule has 0 bridgehead atoms. The van der Waals surface area contributed by atoms with E-state index in [4.69, 9.17) is 4.42 Å². The molecule has 0 saturated heterocycles. The van der Waals surface area contributed by atoms with Crippen LogP contribution in [0.5, 0.6) is 0 Å². The molecular formula is C20H19N3O2. The van der Waals surface area contributed by atoms with Gasteiger partial charge in [-0.05, 0) is 31.7 Å². The second kappa shape index (κ2) is 6.18. The Labute approximate surface area is 144 Å². The summed E-state index contributed by atoms with van der Waals surface area (Å²) in [5, 5.41) is 0.864. The van der Waals surface area contributed by atoms with Crippen LogP contribution >= 0.6 is 0 Å². The summed E-state index contributed by atoms with van der Waals surface area (Å²) in [6, 6.07) is 18.1. The number of H-pyrrole nitrogens is 1. The van der Waals surface area contributed by atoms with E-state index in [0.29, 0.717) is 23.5 Å². The minimum absolute atomic E-state index is 0.211. The first kappa shape index (κ1) is 15.6. The van der Waals surface area contributed by atoms with Gasteiger partial charge >= 0.3 is 0 Å². The van der Waals surface area contributed by atoms with E-state index >= 15 is 0 Å². The number of para-hydroxylation sites is 1. The van der Waals surface area contributed by atoms with Crippen LogP contribution in [0.2, 0.25) is 0 Å². The van der Waals surface area contributed by atoms with E-state index in [-0.39, 0.29) is 17.2 Å². The fraction of sp³-hybridized carbons (Fsp3) is 0.200. The van der Waals surface area contributed by atoms with E-state index in [1.54, 1.807) is 0 Å². The highest BCUT2D eigenvalue weighted by Gasteiger charge is 2.16. The van der Waals surface area contributed by atoms with E-state index in [0.717, 1.165) is 5.39 Å². The van der Waals surface area contributed by atoms with E-state index in [1.165, 1.54) is 5.56 Å². The molecule has 2 heterocycles. The number of nitrogens with zero attached hydrogens (tertiary/aromatic N) is 2. The number of aromatic amines is 1. The molecule has 5 nitrogen and oxygen atoms in total. The van der Waals surface area contributed by atoms with Crippen LogP contribution in [0, 0.1) is 0 Å². The van der Waals surface area contributed by atoms with Crippen molar-refractivity contribution in [3.8, 4) is 0 Å². The zero-order valence-corrected chi connectivity index (χ0v) is 14.2. The summed E-state index contributed by atoms with van der Waals surface area (Å²) < 4.78 is 5.64. The van der Waals surface area contributed by atoms with Crippen molar-refractivity contribution >= 4 is 22.1 Å². The molecule has 1 unspecified atom stereocenters. The molecule has 1 N–H and O–H groups in total. The zero-order valence-electron chi connectivity index (χ0n) is 14.2. The lowest BCUT2D eigenvalue weighted by Crippen LogP contribution is -2.24. The summed E-state index contributed by atoms with van der Waals surface area (Å²) in [7, 11) is 2.02. The van der Waals surface area contributed by atoms with Gasteiger partial charge in [-0.15, -0.1) is 0 Å². The molecule has 5 heteroatoms. The van der Waals surface area contributed by atoms with Crippen LogP contribution in [0.3, 0.4) is 0 Å². The van der Waals surface area contributed by atoms with Gasteiger partial charge in [0.25, 0.3) is 5.56 Å². The predicted molar refractivity (Wildman–Crippen MR) is 98.5 cm³/mol. The maximum atomic E-state index is 12.4. The van der Waals surface area contributed by atoms with Crippen molar-refractivity contribution in [3.63, 3.8) is 0 Å². The molecule has 0 aliphatic carbocycles. The molecule has 1 atom stereocenters. The van der Waals surface area contributed by atoms with Crippen molar-refractivity contribution < 1.29 is 4.42 Å². The van der Waals surface area contributed by atoms with Crippen LogP contribution in [-0.2, 0) is 6.54 Å². The van der Waals surface area contributed by atoms with Crippen molar-refractivity contribution in [2.45, 2.75) is 19.5 Å². The van der Waals surface area contributed by atoms with Gasteiger partial charge in [0.2, 0.25) is 5.58 Å². The highest BCUT2D eigenvalue weighted by molar-refractivity contribution is 6.01. The van der Waals surface area contributed by atoms with Gasteiger partial charge in [0.15, 0.2) is 0 Å². The van der Waals surface area contributed by atoms with Crippen LogP contribution in [0.4, 0.5) is 0 Å². The molecule has 0 aliphatic heterocycles. The lowest BCUT2D eigenvalue weighted by Gasteiger charge is -2.24. The third-order valence-corrected chi connectivity index (χ3v) is 4.62. The molecular weight excluding hydrogens is 314 g/mol. The van der Waals surface area contributed by atoms with E-state index < -0.39 is 0 Å². The molecule has 2 aromatic carbocycles. The van der Waals surface area contributed by atoms with Crippen molar-refractivity contribution in [2.75, 3.05) is 7.05 Å². The van der Waals surface area contributed by atoms with Crippen LogP contribution in [0.25, 0.3) is 22.1 Å². The summed E-state index contributed by atoms with van der Waals surface area (Å²) >= 11 is 0. The van der Waals surface area contributed by atoms with Crippen molar-refractivity contribution in [3.05, 3.63) is 76.3 Å². The fourth-order valence-electron chi connectivity index (χ4n) is 3.08. The minimum Gasteiger partial charge on any atom is -0.449 e. The summed E-state index contributed by atoms with van der Waals surface area (Å²) in [5.74, 6) is 0.634. The standard InChI is InChI=1S/C20H19N3O2/c1-13(14-8-4-3-5-9-14)23(2)12-17-21-18-15-10-6-7-11-16(15)25-19(18)20(24)22-17/h3-11,13H,12H2,1-2H3,(H,21,22,24). The van der Waals surface area contributed by atoms with Gasteiger partial charge in [-0.1, -0.05) is 42.5 Å². The maximum absolute atomic E-state index is 12.4. The SMILES string of the molecule is CC(c1ccccc1)N(C)Cc1nc2c(oc3ccccc32)c(=O)[nH]1. The summed E-state index contributed by atoms with van der Waals surface area (Å²) in [4.78, 5) is 22.0. The lowest BCUT2D eigenvalue weighted by atomic mass is 10.1. The summed E-state index contributed by atoms with van der Waals surface area (Å²) in [5.41, 5.74) is 2.57. The Morgan fingerprint density at radius 3 is 2.64 bits per heavy atom. The average molecular weight is 333 g/mol. The first-order valence-corrected chi connectivity index (χ1v) is 8.29. The Morgan fingerprint density at radius 2 is 1.84 bits per heavy atom. The zero-order chi connectivity index (χ0) is 17.4. The van der Waals surface area contributed by atoms with Crippen LogP contribution in [0.15, 0.2) is 63.8 Å². The number of hydrogen-bond acceptors (Lipinski definition) is 4. The Morgan fingerprint density at radius 1 is 1.12 bits per heavy atom. The van der Waals surface area contributed by atoms with Crippen molar-refractivity contribution in [1.82, 2.24) is 14.9 Å². The van der Waals surface area contributed by atoms with Gasteiger partial charge in [0.05, 0.1) is 6.54 Å². The molecule has 0 spiro atoms. The molecule has 0 fully saturated rings. The van der Waals surface area contributed by atoms with Gasteiger partial charge in [-0.2, -0.15) is 0 Å². The quantitative estimate of drug-likeness (QED) is 0.616. The molecule has 2 aromatic heterocycles. The predicted octanol–water partition coefficient (Wildman–Crippen LogP) is 3.86. The summed E-state index contributed by atoms with van der Waals surface area (Å²) in [6.07, 6.45) is 0. The Kier molecular flexibility index (Phi) is 3.86. The largest absolute Gasteiger partial charge is 0.449 e. The van der Waals surface area contributed by atoms with Crippen LogP contribution in [0.1, 0.15) is 24.4 Å². The highest BCUT2D eigenvalue weighted by Crippen LogP contribution is 2.25. The topological polar surface area (TPSA) is 62.1 Å². The second-order valence-electron chi connectivity index (χ2n) is 6.29. The third kappa shape index (κ3) is 2.83. The van der Waals surface area contributed by atoms with Gasteiger partial charge in [0.1, 0.15) is 16.9 Å². The molecule has 0 aliphatic rings. The van der Waals surface area contributed by atoms with Crippen LogP contribution < -0.4 is 5.56 Å². The number of benzene rings is 2. The van der Waals surface area contributed by atoms with Gasteiger partial charge < -0.3 is 9.40 Å². The van der Waals surface area contributed by atoms with Crippen molar-refractivity contribution in [2.24, 2.45) is 0 Å². The number of fused-ring (bicyclic) bond motifs is 3. The molecule has 4 rings (SSSR count). The third-order valence-electron chi connectivity index (χ3n) is 4.62. The second-order valence-corrected chi connectivity index (χ2v) is 6.29. The monoisotopic (exact) mass is 333 g/mol. The smallest absolute Gasteiger partial charge is 0.294 e. The minimum atomic E-state index is -0.239. The molecule has 0 radical (unpaired) electrons. The van der Waals surface area contributed by atoms with E-state index in [2.05, 4.69) is 33.9 Å². The highest BCUT2D eigenvalue weighted by atomic mass is 16.3. The van der Waals surface area contributed by atoms with Crippen molar-refractivity contribution in [1.29, 1.82) is 0 Å². The van der Waals surface area contributed by atoms with Gasteiger partial charge in [0, 0.05) is 11.4 Å². The summed E-state index contributed by atoms with van der Waals surface area (Å²) in [6.45, 7) is 2.68. The number of aromatic nitrogens is 2. The maximum Gasteiger partial charge on any atom is 0.294 e. The Bertz CT molecular complexity index is 1080. The van der Waals surface area contributed by atoms with Crippen LogP contribution in [-0.4, -0.2) is 21.9 Å². The average Bonchev–Trinajstić information content (AvgIpc) is 3.01. The number of rotatable bonds is 4. The molecule has 126 valence electrons. The number of furan rings is 1. The molecule has 4 aromatic rings. The fourth-order valence-corrected chi connectivity index (χ4v) is 3.08. The lowest BCUT2D eigenvalue weighted by molar-refractivity contribution is 0.247. The first-order chi connectivity index (χ1) is 12.1. The molecule has 0 saturated carbocycles. The normalized spacial score (nSPS) is 12.9. The van der Waals surface area contributed by atoms with E-state index in [9.17, 15) is 4.79 Å².